The number of hydrogen-bond donors (Lipinski definition) is 1. The predicted molar refractivity (Wildman–Crippen MR) is 65.6 cm³/mol. The van der Waals surface area contributed by atoms with E-state index in [-0.39, 0.29) is 12.0 Å². The summed E-state index contributed by atoms with van der Waals surface area (Å²) < 4.78 is 5.68. The van der Waals surface area contributed by atoms with E-state index in [1.807, 2.05) is 6.07 Å². The highest BCUT2D eigenvalue weighted by Crippen LogP contribution is 2.30. The van der Waals surface area contributed by atoms with Gasteiger partial charge in [-0.3, -0.25) is 4.79 Å². The first kappa shape index (κ1) is 12.7. The van der Waals surface area contributed by atoms with E-state index in [1.165, 1.54) is 0 Å². The van der Waals surface area contributed by atoms with Gasteiger partial charge in [-0.25, -0.2) is 0 Å². The van der Waals surface area contributed by atoms with Gasteiger partial charge in [0.25, 0.3) is 0 Å². The number of hydrogen-bond acceptors (Lipinski definition) is 3. The molecule has 1 saturated carbocycles. The van der Waals surface area contributed by atoms with Crippen molar-refractivity contribution in [3.05, 3.63) is 28.8 Å². The van der Waals surface area contributed by atoms with Crippen LogP contribution in [-0.2, 0) is 4.79 Å². The van der Waals surface area contributed by atoms with Crippen molar-refractivity contribution < 1.29 is 14.6 Å². The maximum absolute atomic E-state index is 10.8. The number of carboxylic acids is 1. The monoisotopic (exact) mass is 265 g/mol. The molecule has 0 aliphatic heterocycles. The molecule has 1 N–H and O–H groups in total. The highest BCUT2D eigenvalue weighted by atomic mass is 35.5. The molecule has 0 bridgehead atoms. The van der Waals surface area contributed by atoms with Gasteiger partial charge in [0.05, 0.1) is 22.6 Å². The van der Waals surface area contributed by atoms with E-state index in [4.69, 9.17) is 26.7 Å². The van der Waals surface area contributed by atoms with Crippen LogP contribution < -0.4 is 4.74 Å². The van der Waals surface area contributed by atoms with Crippen LogP contribution in [0.5, 0.6) is 5.75 Å². The van der Waals surface area contributed by atoms with Gasteiger partial charge in [0.15, 0.2) is 0 Å². The van der Waals surface area contributed by atoms with Crippen molar-refractivity contribution in [3.8, 4) is 11.8 Å². The van der Waals surface area contributed by atoms with Crippen molar-refractivity contribution in [2.75, 3.05) is 0 Å². The standard InChI is InChI=1S/C13H12ClNO3/c14-12-6-11(4-2-9(12)7-15)18-10-3-1-8(5-10)13(16)17/h2,4,6,8,10H,1,3,5H2,(H,16,17)/t8-,10-/m0/s1. The molecule has 0 spiro atoms. The van der Waals surface area contributed by atoms with Crippen molar-refractivity contribution in [2.24, 2.45) is 5.92 Å². The molecular weight excluding hydrogens is 254 g/mol. The van der Waals surface area contributed by atoms with Crippen LogP contribution in [0.25, 0.3) is 0 Å². The fourth-order valence-corrected chi connectivity index (χ4v) is 2.34. The van der Waals surface area contributed by atoms with Gasteiger partial charge in [-0.15, -0.1) is 0 Å². The van der Waals surface area contributed by atoms with Gasteiger partial charge in [0.2, 0.25) is 0 Å². The second kappa shape index (κ2) is 5.28. The van der Waals surface area contributed by atoms with Crippen molar-refractivity contribution in [3.63, 3.8) is 0 Å². The zero-order chi connectivity index (χ0) is 13.1. The average Bonchev–Trinajstić information content (AvgIpc) is 2.78. The fourth-order valence-electron chi connectivity index (χ4n) is 2.12. The lowest BCUT2D eigenvalue weighted by Gasteiger charge is -2.13. The van der Waals surface area contributed by atoms with Gasteiger partial charge in [-0.2, -0.15) is 5.26 Å². The SMILES string of the molecule is N#Cc1ccc(O[C@H]2CC[C@H](C(=O)O)C2)cc1Cl. The lowest BCUT2D eigenvalue weighted by molar-refractivity contribution is -0.141. The summed E-state index contributed by atoms with van der Waals surface area (Å²) in [4.78, 5) is 10.8. The van der Waals surface area contributed by atoms with Gasteiger partial charge in [-0.05, 0) is 31.4 Å². The topological polar surface area (TPSA) is 70.3 Å². The molecule has 0 amide bonds. The summed E-state index contributed by atoms with van der Waals surface area (Å²) in [6, 6.07) is 6.84. The summed E-state index contributed by atoms with van der Waals surface area (Å²) in [6.07, 6.45) is 1.81. The fraction of sp³-hybridized carbons (Fsp3) is 0.385. The highest BCUT2D eigenvalue weighted by molar-refractivity contribution is 6.31. The van der Waals surface area contributed by atoms with Crippen LogP contribution in [0.15, 0.2) is 18.2 Å². The zero-order valence-corrected chi connectivity index (χ0v) is 10.4. The Morgan fingerprint density at radius 2 is 2.28 bits per heavy atom. The Morgan fingerprint density at radius 1 is 1.50 bits per heavy atom. The summed E-state index contributed by atoms with van der Waals surface area (Å²) in [6.45, 7) is 0. The number of rotatable bonds is 3. The molecule has 2 rings (SSSR count). The molecule has 0 heterocycles. The predicted octanol–water partition coefficient (Wildman–Crippen LogP) is 2.84. The molecule has 0 aromatic heterocycles. The number of nitrogens with zero attached hydrogens (tertiary/aromatic N) is 1. The highest BCUT2D eigenvalue weighted by Gasteiger charge is 2.30. The first-order valence-corrected chi connectivity index (χ1v) is 6.07. The minimum atomic E-state index is -0.765. The van der Waals surface area contributed by atoms with E-state index in [9.17, 15) is 4.79 Å². The summed E-state index contributed by atoms with van der Waals surface area (Å²) in [5.41, 5.74) is 0.402. The number of benzene rings is 1. The number of aliphatic carboxylic acids is 1. The lowest BCUT2D eigenvalue weighted by Crippen LogP contribution is -2.15. The smallest absolute Gasteiger partial charge is 0.306 e. The van der Waals surface area contributed by atoms with Crippen LogP contribution in [-0.4, -0.2) is 17.2 Å². The van der Waals surface area contributed by atoms with Crippen molar-refractivity contribution >= 4 is 17.6 Å². The molecule has 1 aromatic carbocycles. The normalized spacial score (nSPS) is 22.4. The van der Waals surface area contributed by atoms with Gasteiger partial charge < -0.3 is 9.84 Å². The van der Waals surface area contributed by atoms with E-state index >= 15 is 0 Å². The maximum atomic E-state index is 10.8. The Labute approximate surface area is 110 Å². The molecule has 1 aromatic rings. The number of halogens is 1. The van der Waals surface area contributed by atoms with Gasteiger partial charge in [-0.1, -0.05) is 11.6 Å². The van der Waals surface area contributed by atoms with E-state index in [1.54, 1.807) is 18.2 Å². The van der Waals surface area contributed by atoms with Crippen molar-refractivity contribution in [2.45, 2.75) is 25.4 Å². The molecule has 0 unspecified atom stereocenters. The quantitative estimate of drug-likeness (QED) is 0.912. The van der Waals surface area contributed by atoms with E-state index in [0.717, 1.165) is 6.42 Å². The van der Waals surface area contributed by atoms with Crippen LogP contribution in [0.2, 0.25) is 5.02 Å². The van der Waals surface area contributed by atoms with Crippen LogP contribution in [0.1, 0.15) is 24.8 Å². The zero-order valence-electron chi connectivity index (χ0n) is 9.60. The number of carboxylic acid groups (broad SMARTS) is 1. The summed E-state index contributed by atoms with van der Waals surface area (Å²) in [5.74, 6) is -0.502. The van der Waals surface area contributed by atoms with E-state index in [0.29, 0.717) is 29.2 Å². The molecule has 0 saturated heterocycles. The molecule has 5 heteroatoms. The van der Waals surface area contributed by atoms with Gasteiger partial charge in [0.1, 0.15) is 11.8 Å². The Hall–Kier alpha value is -1.73. The molecule has 1 aliphatic carbocycles. The first-order valence-electron chi connectivity index (χ1n) is 5.69. The number of ether oxygens (including phenoxy) is 1. The molecule has 0 radical (unpaired) electrons. The van der Waals surface area contributed by atoms with Gasteiger partial charge >= 0.3 is 5.97 Å². The third-order valence-corrected chi connectivity index (χ3v) is 3.41. The second-order valence-corrected chi connectivity index (χ2v) is 4.75. The minimum Gasteiger partial charge on any atom is -0.490 e. The number of nitriles is 1. The van der Waals surface area contributed by atoms with Crippen LogP contribution >= 0.6 is 11.6 Å². The van der Waals surface area contributed by atoms with Crippen LogP contribution in [0.3, 0.4) is 0 Å². The van der Waals surface area contributed by atoms with E-state index in [2.05, 4.69) is 0 Å². The largest absolute Gasteiger partial charge is 0.490 e. The molecule has 4 nitrogen and oxygen atoms in total. The Balaban J connectivity index is 2.01. The molecule has 18 heavy (non-hydrogen) atoms. The van der Waals surface area contributed by atoms with E-state index < -0.39 is 5.97 Å². The van der Waals surface area contributed by atoms with Crippen molar-refractivity contribution in [1.82, 2.24) is 0 Å². The van der Waals surface area contributed by atoms with Gasteiger partial charge in [0, 0.05) is 6.07 Å². The minimum absolute atomic E-state index is 0.0879. The second-order valence-electron chi connectivity index (χ2n) is 4.34. The third-order valence-electron chi connectivity index (χ3n) is 3.10. The molecular formula is C13H12ClNO3. The number of carbonyl (C=O) groups is 1. The molecule has 1 aliphatic rings. The summed E-state index contributed by atoms with van der Waals surface area (Å²) in [7, 11) is 0. The average molecular weight is 266 g/mol. The third kappa shape index (κ3) is 2.74. The molecule has 94 valence electrons. The first-order chi connectivity index (χ1) is 8.60. The Kier molecular flexibility index (Phi) is 3.73. The van der Waals surface area contributed by atoms with Crippen LogP contribution in [0, 0.1) is 17.2 Å². The van der Waals surface area contributed by atoms with Crippen LogP contribution in [0.4, 0.5) is 0 Å². The van der Waals surface area contributed by atoms with Crippen molar-refractivity contribution in [1.29, 1.82) is 5.26 Å². The lowest BCUT2D eigenvalue weighted by atomic mass is 10.1. The summed E-state index contributed by atoms with van der Waals surface area (Å²) in [5, 5.41) is 18.0. The maximum Gasteiger partial charge on any atom is 0.306 e. The Bertz CT molecular complexity index is 509. The molecule has 1 fully saturated rings. The Morgan fingerprint density at radius 3 is 2.83 bits per heavy atom. The molecule has 2 atom stereocenters. The summed E-state index contributed by atoms with van der Waals surface area (Å²) >= 11 is 5.90.